The fraction of sp³-hybridized carbons (Fsp3) is 0.286. The first-order chi connectivity index (χ1) is 15.6. The lowest BCUT2D eigenvalue weighted by molar-refractivity contribution is 1.07. The Kier molecular flexibility index (Phi) is 5.30. The first kappa shape index (κ1) is 20.5. The van der Waals surface area contributed by atoms with Crippen LogP contribution in [-0.4, -0.2) is 19.9 Å². The number of aromatic nitrogens is 4. The molecule has 0 amide bonds. The highest BCUT2D eigenvalue weighted by atomic mass is 14.8. The standard InChI is InChI=1S/C28H30N4/c1-5-21-23(7-3)27-16-28-24(8-4)22(6-2)26(32-28)15-20-12-10-18(30-20)13-17-9-11-19(29-17)14-25(21)31-27/h9-16,29,31H,5-8H2,1-4H3. The van der Waals surface area contributed by atoms with Gasteiger partial charge in [-0.15, -0.1) is 0 Å². The van der Waals surface area contributed by atoms with Gasteiger partial charge in [0.05, 0.1) is 22.8 Å². The van der Waals surface area contributed by atoms with E-state index in [1.807, 2.05) is 0 Å². The van der Waals surface area contributed by atoms with Crippen LogP contribution in [0.2, 0.25) is 0 Å². The number of rotatable bonds is 4. The van der Waals surface area contributed by atoms with Crippen molar-refractivity contribution in [1.82, 2.24) is 19.9 Å². The zero-order chi connectivity index (χ0) is 22.2. The van der Waals surface area contributed by atoms with Gasteiger partial charge >= 0.3 is 0 Å². The molecule has 2 aliphatic heterocycles. The smallest absolute Gasteiger partial charge is 0.0693 e. The molecule has 0 spiro atoms. The van der Waals surface area contributed by atoms with Crippen LogP contribution in [0.4, 0.5) is 0 Å². The normalized spacial score (nSPS) is 13.2. The predicted octanol–water partition coefficient (Wildman–Crippen LogP) is 7.34. The Morgan fingerprint density at radius 2 is 1.16 bits per heavy atom. The number of nitrogens with zero attached hydrogens (tertiary/aromatic N) is 2. The Labute approximate surface area is 189 Å². The van der Waals surface area contributed by atoms with E-state index in [0.29, 0.717) is 0 Å². The first-order valence-electron chi connectivity index (χ1n) is 11.8. The van der Waals surface area contributed by atoms with E-state index < -0.39 is 0 Å². The van der Waals surface area contributed by atoms with Crippen LogP contribution >= 0.6 is 0 Å². The van der Waals surface area contributed by atoms with Gasteiger partial charge in [0.25, 0.3) is 0 Å². The molecule has 2 N–H and O–H groups in total. The first-order valence-corrected chi connectivity index (χ1v) is 11.8. The third kappa shape index (κ3) is 3.50. The van der Waals surface area contributed by atoms with E-state index in [1.54, 1.807) is 0 Å². The van der Waals surface area contributed by atoms with Gasteiger partial charge in [0.1, 0.15) is 0 Å². The van der Waals surface area contributed by atoms with Crippen LogP contribution in [0.5, 0.6) is 0 Å². The lowest BCUT2D eigenvalue weighted by atomic mass is 10.00. The van der Waals surface area contributed by atoms with Crippen molar-refractivity contribution in [2.75, 3.05) is 0 Å². The molecule has 32 heavy (non-hydrogen) atoms. The molecule has 0 saturated heterocycles. The Morgan fingerprint density at radius 3 is 1.78 bits per heavy atom. The number of aromatic amines is 2. The number of hydrogen-bond donors (Lipinski definition) is 2. The van der Waals surface area contributed by atoms with Gasteiger partial charge in [-0.05, 0) is 96.5 Å². The minimum absolute atomic E-state index is 0.952. The molecule has 0 fully saturated rings. The Balaban J connectivity index is 1.93. The number of aryl methyl sites for hydroxylation is 2. The van der Waals surface area contributed by atoms with Crippen LogP contribution in [0.1, 0.15) is 74.4 Å². The van der Waals surface area contributed by atoms with E-state index >= 15 is 0 Å². The summed E-state index contributed by atoms with van der Waals surface area (Å²) in [5.74, 6) is 0. The average molecular weight is 423 g/mol. The summed E-state index contributed by atoms with van der Waals surface area (Å²) >= 11 is 0. The molecule has 162 valence electrons. The van der Waals surface area contributed by atoms with Gasteiger partial charge in [-0.2, -0.15) is 0 Å². The lowest BCUT2D eigenvalue weighted by Gasteiger charge is -2.03. The monoisotopic (exact) mass is 422 g/mol. The topological polar surface area (TPSA) is 57.4 Å². The van der Waals surface area contributed by atoms with E-state index in [2.05, 4.69) is 86.2 Å². The van der Waals surface area contributed by atoms with Gasteiger partial charge in [-0.3, -0.25) is 0 Å². The molecule has 3 aromatic rings. The molecule has 0 aliphatic carbocycles. The molecular formula is C28H30N4. The Hall–Kier alpha value is -3.40. The highest BCUT2D eigenvalue weighted by Gasteiger charge is 2.18. The zero-order valence-corrected chi connectivity index (χ0v) is 19.3. The maximum atomic E-state index is 5.09. The van der Waals surface area contributed by atoms with Gasteiger partial charge in [0.15, 0.2) is 0 Å². The van der Waals surface area contributed by atoms with Crippen LogP contribution in [0.25, 0.3) is 45.4 Å². The van der Waals surface area contributed by atoms with Crippen molar-refractivity contribution >= 4 is 45.4 Å². The Bertz CT molecular complexity index is 1410. The summed E-state index contributed by atoms with van der Waals surface area (Å²) < 4.78 is 0. The van der Waals surface area contributed by atoms with Gasteiger partial charge < -0.3 is 9.97 Å². The van der Waals surface area contributed by atoms with Crippen LogP contribution in [0.15, 0.2) is 36.4 Å². The molecule has 0 radical (unpaired) electrons. The molecule has 0 aromatic carbocycles. The average Bonchev–Trinajstić information content (AvgIpc) is 3.55. The minimum Gasteiger partial charge on any atom is -0.355 e. The fourth-order valence-electron chi connectivity index (χ4n) is 5.02. The molecule has 2 aliphatic rings. The lowest BCUT2D eigenvalue weighted by Crippen LogP contribution is -1.86. The van der Waals surface area contributed by atoms with Crippen molar-refractivity contribution in [3.63, 3.8) is 0 Å². The van der Waals surface area contributed by atoms with Crippen LogP contribution in [0.3, 0.4) is 0 Å². The van der Waals surface area contributed by atoms with Gasteiger partial charge in [0, 0.05) is 22.1 Å². The molecule has 0 unspecified atom stereocenters. The summed E-state index contributed by atoms with van der Waals surface area (Å²) in [5, 5.41) is 0. The molecule has 4 nitrogen and oxygen atoms in total. The second-order valence-electron chi connectivity index (χ2n) is 8.40. The van der Waals surface area contributed by atoms with Gasteiger partial charge in [0.2, 0.25) is 0 Å². The molecule has 5 rings (SSSR count). The molecular weight excluding hydrogens is 392 g/mol. The quantitative estimate of drug-likeness (QED) is 0.361. The van der Waals surface area contributed by atoms with Crippen molar-refractivity contribution in [2.45, 2.75) is 53.4 Å². The second kappa shape index (κ2) is 8.27. The molecule has 8 bridgehead atoms. The van der Waals surface area contributed by atoms with Crippen LogP contribution in [0, 0.1) is 0 Å². The van der Waals surface area contributed by atoms with E-state index in [0.717, 1.165) is 59.5 Å². The van der Waals surface area contributed by atoms with Crippen molar-refractivity contribution in [1.29, 1.82) is 0 Å². The maximum Gasteiger partial charge on any atom is 0.0693 e. The maximum absolute atomic E-state index is 5.09. The summed E-state index contributed by atoms with van der Waals surface area (Å²) in [5.41, 5.74) is 14.0. The summed E-state index contributed by atoms with van der Waals surface area (Å²) in [6.07, 6.45) is 8.05. The van der Waals surface area contributed by atoms with E-state index in [4.69, 9.17) is 9.97 Å². The highest BCUT2D eigenvalue weighted by molar-refractivity contribution is 5.93. The van der Waals surface area contributed by atoms with E-state index in [9.17, 15) is 0 Å². The van der Waals surface area contributed by atoms with Gasteiger partial charge in [-0.25, -0.2) is 9.97 Å². The minimum atomic E-state index is 0.952. The molecule has 5 heterocycles. The molecule has 0 saturated carbocycles. The van der Waals surface area contributed by atoms with Crippen LogP contribution < -0.4 is 0 Å². The zero-order valence-electron chi connectivity index (χ0n) is 19.3. The largest absolute Gasteiger partial charge is 0.355 e. The number of hydrogen-bond acceptors (Lipinski definition) is 2. The third-order valence-corrected chi connectivity index (χ3v) is 6.50. The van der Waals surface area contributed by atoms with Crippen molar-refractivity contribution in [3.05, 3.63) is 70.3 Å². The van der Waals surface area contributed by atoms with Crippen LogP contribution in [-0.2, 0) is 12.8 Å². The fourth-order valence-corrected chi connectivity index (χ4v) is 5.02. The van der Waals surface area contributed by atoms with Crippen molar-refractivity contribution in [3.8, 4) is 0 Å². The second-order valence-corrected chi connectivity index (χ2v) is 8.40. The molecule has 4 heteroatoms. The summed E-state index contributed by atoms with van der Waals surface area (Å²) in [6.45, 7) is 8.91. The van der Waals surface area contributed by atoms with E-state index in [1.165, 1.54) is 33.3 Å². The predicted molar refractivity (Wildman–Crippen MR) is 136 cm³/mol. The number of fused-ring (bicyclic) bond motifs is 8. The van der Waals surface area contributed by atoms with Gasteiger partial charge in [-0.1, -0.05) is 27.7 Å². The van der Waals surface area contributed by atoms with Crippen molar-refractivity contribution in [2.24, 2.45) is 0 Å². The van der Waals surface area contributed by atoms with Crippen molar-refractivity contribution < 1.29 is 0 Å². The van der Waals surface area contributed by atoms with E-state index in [-0.39, 0.29) is 0 Å². The SMILES string of the molecule is CCC1=C(CC)c2cc3[nH]c(cc4ccc(cc5nc(cc1n2)C=C5)[nH]4)c(CC)c3CC. The Morgan fingerprint density at radius 1 is 0.594 bits per heavy atom. The number of H-pyrrole nitrogens is 2. The highest BCUT2D eigenvalue weighted by Crippen LogP contribution is 2.35. The third-order valence-electron chi connectivity index (χ3n) is 6.50. The summed E-state index contributed by atoms with van der Waals surface area (Å²) in [6, 6.07) is 12.9. The number of nitrogens with one attached hydrogen (secondary N) is 2. The molecule has 3 aromatic heterocycles. The summed E-state index contributed by atoms with van der Waals surface area (Å²) in [7, 11) is 0. The number of allylic oxidation sites excluding steroid dienone is 2. The summed E-state index contributed by atoms with van der Waals surface area (Å²) in [4.78, 5) is 17.1. The molecule has 0 atom stereocenters.